The molecular weight excluding hydrogens is 191 g/mol. The molecule has 0 atom stereocenters. The summed E-state index contributed by atoms with van der Waals surface area (Å²) < 4.78 is 5.08. The topological polar surface area (TPSA) is 9.23 Å². The van der Waals surface area contributed by atoms with Crippen molar-refractivity contribution in [3.63, 3.8) is 0 Å². The van der Waals surface area contributed by atoms with Crippen molar-refractivity contribution in [1.82, 2.24) is 0 Å². The van der Waals surface area contributed by atoms with Crippen LogP contribution in [0, 0.1) is 6.92 Å². The van der Waals surface area contributed by atoms with Gasteiger partial charge < -0.3 is 0 Å². The Kier molecular flexibility index (Phi) is 2.47. The Hall–Kier alpha value is -0.0969. The average molecular weight is 198 g/mol. The summed E-state index contributed by atoms with van der Waals surface area (Å²) >= 11 is 1.09. The van der Waals surface area contributed by atoms with Crippen molar-refractivity contribution in [3.05, 3.63) is 29.8 Å². The molecule has 2 heteroatoms. The van der Waals surface area contributed by atoms with Crippen molar-refractivity contribution in [2.45, 2.75) is 6.92 Å². The molecule has 1 aromatic carbocycles. The van der Waals surface area contributed by atoms with Crippen molar-refractivity contribution in [1.29, 1.82) is 0 Å². The van der Waals surface area contributed by atoms with Crippen LogP contribution in [0.15, 0.2) is 24.3 Å². The standard InChI is InChI=1S/C7H8O.Zr/c1-6-3-2-4-7(8)5-6;/h2-5,8H,1H3;/q;+1/p-1. The molecule has 0 radical (unpaired) electrons. The zero-order valence-electron chi connectivity index (χ0n) is 5.22. The third-order valence-corrected chi connectivity index (χ3v) is 1.69. The molecule has 45 valence electrons. The summed E-state index contributed by atoms with van der Waals surface area (Å²) in [6.07, 6.45) is 0. The van der Waals surface area contributed by atoms with Gasteiger partial charge in [-0.3, -0.25) is 0 Å². The van der Waals surface area contributed by atoms with Gasteiger partial charge in [-0.15, -0.1) is 0 Å². The number of rotatable bonds is 1. The van der Waals surface area contributed by atoms with Crippen molar-refractivity contribution >= 4 is 0 Å². The van der Waals surface area contributed by atoms with E-state index in [0.29, 0.717) is 0 Å². The van der Waals surface area contributed by atoms with E-state index in [0.717, 1.165) is 30.9 Å². The zero-order chi connectivity index (χ0) is 6.69. The summed E-state index contributed by atoms with van der Waals surface area (Å²) in [5, 5.41) is 0. The van der Waals surface area contributed by atoms with Crippen molar-refractivity contribution in [2.75, 3.05) is 0 Å². The van der Waals surface area contributed by atoms with Gasteiger partial charge in [-0.25, -0.2) is 0 Å². The molecule has 0 aliphatic heterocycles. The molecule has 0 heterocycles. The van der Waals surface area contributed by atoms with E-state index in [2.05, 4.69) is 13.0 Å². The second-order valence-electron chi connectivity index (χ2n) is 1.92. The molecule has 0 fully saturated rings. The van der Waals surface area contributed by atoms with E-state index < -0.39 is 0 Å². The molecule has 1 aromatic rings. The molecule has 0 N–H and O–H groups in total. The first-order valence-electron chi connectivity index (χ1n) is 2.73. The molecule has 0 amide bonds. The van der Waals surface area contributed by atoms with Crippen LogP contribution in [-0.4, -0.2) is 0 Å². The normalized spacial score (nSPS) is 8.89. The predicted octanol–water partition coefficient (Wildman–Crippen LogP) is 1.84. The first-order chi connectivity index (χ1) is 4.33. The molecule has 0 bridgehead atoms. The quantitative estimate of drug-likeness (QED) is 0.669. The fourth-order valence-electron chi connectivity index (χ4n) is 0.679. The van der Waals surface area contributed by atoms with Gasteiger partial charge in [-0.2, -0.15) is 0 Å². The van der Waals surface area contributed by atoms with E-state index in [-0.39, 0.29) is 0 Å². The number of hydrogen-bond acceptors (Lipinski definition) is 1. The molecule has 0 unspecified atom stereocenters. The number of aryl methyl sites for hydroxylation is 1. The maximum absolute atomic E-state index is 5.08. The van der Waals surface area contributed by atoms with Crippen LogP contribution in [0.5, 0.6) is 5.75 Å². The second-order valence-corrected chi connectivity index (χ2v) is 2.42. The second kappa shape index (κ2) is 3.17. The van der Waals surface area contributed by atoms with E-state index in [9.17, 15) is 0 Å². The summed E-state index contributed by atoms with van der Waals surface area (Å²) in [5.41, 5.74) is 1.25. The van der Waals surface area contributed by atoms with Gasteiger partial charge in [-0.1, -0.05) is 0 Å². The van der Waals surface area contributed by atoms with Crippen LogP contribution in [0.2, 0.25) is 0 Å². The first kappa shape index (κ1) is 7.02. The van der Waals surface area contributed by atoms with Crippen LogP contribution in [0.3, 0.4) is 0 Å². The van der Waals surface area contributed by atoms with Gasteiger partial charge in [0.05, 0.1) is 0 Å². The first-order valence-corrected chi connectivity index (χ1v) is 3.73. The van der Waals surface area contributed by atoms with Crippen LogP contribution in [0.4, 0.5) is 0 Å². The van der Waals surface area contributed by atoms with E-state index in [1.165, 1.54) is 5.56 Å². The summed E-state index contributed by atoms with van der Waals surface area (Å²) in [7, 11) is 0. The van der Waals surface area contributed by atoms with Gasteiger partial charge in [0, 0.05) is 0 Å². The van der Waals surface area contributed by atoms with Gasteiger partial charge in [0.1, 0.15) is 0 Å². The van der Waals surface area contributed by atoms with Crippen LogP contribution in [0.25, 0.3) is 0 Å². The third kappa shape index (κ3) is 1.94. The van der Waals surface area contributed by atoms with Crippen LogP contribution >= 0.6 is 0 Å². The SMILES string of the molecule is Cc1cccc([O][Zr])c1. The van der Waals surface area contributed by atoms with Crippen LogP contribution < -0.4 is 2.81 Å². The van der Waals surface area contributed by atoms with Crippen LogP contribution in [0.1, 0.15) is 5.56 Å². The van der Waals surface area contributed by atoms with Gasteiger partial charge in [0.25, 0.3) is 0 Å². The Morgan fingerprint density at radius 1 is 1.44 bits per heavy atom. The minimum atomic E-state index is 0.966. The molecule has 0 saturated carbocycles. The van der Waals surface area contributed by atoms with Crippen molar-refractivity contribution in [2.24, 2.45) is 0 Å². The molecule has 9 heavy (non-hydrogen) atoms. The van der Waals surface area contributed by atoms with Crippen molar-refractivity contribution < 1.29 is 28.0 Å². The Balaban J connectivity index is 2.94. The Labute approximate surface area is 70.5 Å². The summed E-state index contributed by atoms with van der Waals surface area (Å²) in [6.45, 7) is 2.05. The van der Waals surface area contributed by atoms with E-state index >= 15 is 0 Å². The van der Waals surface area contributed by atoms with Crippen LogP contribution in [-0.2, 0) is 25.2 Å². The third-order valence-electron chi connectivity index (χ3n) is 1.11. The van der Waals surface area contributed by atoms with E-state index in [4.69, 9.17) is 2.81 Å². The fraction of sp³-hybridized carbons (Fsp3) is 0.143. The van der Waals surface area contributed by atoms with Gasteiger partial charge in [0.15, 0.2) is 0 Å². The molecule has 0 aliphatic carbocycles. The maximum atomic E-state index is 5.08. The van der Waals surface area contributed by atoms with Crippen molar-refractivity contribution in [3.8, 4) is 5.75 Å². The van der Waals surface area contributed by atoms with Gasteiger partial charge in [0.2, 0.25) is 0 Å². The molecule has 0 aromatic heterocycles. The average Bonchev–Trinajstić information content (AvgIpc) is 1.88. The fourth-order valence-corrected chi connectivity index (χ4v) is 0.991. The summed E-state index contributed by atoms with van der Waals surface area (Å²) in [6, 6.07) is 8.03. The molecule has 1 rings (SSSR count). The molecule has 0 aliphatic rings. The molecule has 0 saturated heterocycles. The summed E-state index contributed by atoms with van der Waals surface area (Å²) in [5.74, 6) is 0.966. The van der Waals surface area contributed by atoms with Gasteiger partial charge in [-0.05, 0) is 0 Å². The Morgan fingerprint density at radius 3 is 2.67 bits per heavy atom. The van der Waals surface area contributed by atoms with E-state index in [1.54, 1.807) is 0 Å². The summed E-state index contributed by atoms with van der Waals surface area (Å²) in [4.78, 5) is 0. The number of hydrogen-bond donors (Lipinski definition) is 0. The predicted molar refractivity (Wildman–Crippen MR) is 31.8 cm³/mol. The monoisotopic (exact) mass is 197 g/mol. The molecular formula is C7H7OZr. The number of benzene rings is 1. The molecule has 1 nitrogen and oxygen atoms in total. The van der Waals surface area contributed by atoms with Gasteiger partial charge >= 0.3 is 70.5 Å². The Bertz CT molecular complexity index is 198. The Morgan fingerprint density at radius 2 is 2.22 bits per heavy atom. The van der Waals surface area contributed by atoms with E-state index in [1.807, 2.05) is 18.2 Å². The zero-order valence-corrected chi connectivity index (χ0v) is 7.68. The minimum absolute atomic E-state index is 0.966. The molecule has 0 spiro atoms.